The van der Waals surface area contributed by atoms with Gasteiger partial charge in [-0.25, -0.2) is 0 Å². The molecule has 0 aromatic heterocycles. The molecule has 1 amide bonds. The van der Waals surface area contributed by atoms with Crippen molar-refractivity contribution in [2.75, 3.05) is 11.9 Å². The van der Waals surface area contributed by atoms with Crippen LogP contribution >= 0.6 is 0 Å². The lowest BCUT2D eigenvalue weighted by molar-refractivity contribution is -0.118. The lowest BCUT2D eigenvalue weighted by Gasteiger charge is -2.26. The van der Waals surface area contributed by atoms with E-state index >= 15 is 0 Å². The van der Waals surface area contributed by atoms with Crippen molar-refractivity contribution in [2.24, 2.45) is 0 Å². The van der Waals surface area contributed by atoms with E-state index in [1.807, 2.05) is 54.6 Å². The van der Waals surface area contributed by atoms with Crippen molar-refractivity contribution in [1.29, 1.82) is 0 Å². The zero-order valence-corrected chi connectivity index (χ0v) is 10.9. The third kappa shape index (κ3) is 2.91. The monoisotopic (exact) mass is 269 g/mol. The van der Waals surface area contributed by atoms with Crippen LogP contribution in [0.15, 0.2) is 54.6 Å². The van der Waals surface area contributed by atoms with Gasteiger partial charge in [0.25, 0.3) is 0 Å². The number of hydrogen-bond acceptors (Lipinski definition) is 3. The zero-order chi connectivity index (χ0) is 13.8. The van der Waals surface area contributed by atoms with Gasteiger partial charge in [-0.05, 0) is 24.3 Å². The maximum Gasteiger partial charge on any atom is 0.228 e. The second-order valence-corrected chi connectivity index (χ2v) is 4.62. The van der Waals surface area contributed by atoms with E-state index in [-0.39, 0.29) is 18.4 Å². The van der Waals surface area contributed by atoms with Crippen LogP contribution in [0.25, 0.3) is 0 Å². The SMILES string of the molecule is O=C(C[C@H]1COc2ccccc2O1)Nc1ccccc1. The molecule has 1 aliphatic heterocycles. The Morgan fingerprint density at radius 1 is 1.05 bits per heavy atom. The molecule has 2 aromatic rings. The van der Waals surface area contributed by atoms with E-state index in [2.05, 4.69) is 5.32 Å². The summed E-state index contributed by atoms with van der Waals surface area (Å²) in [6.07, 6.45) is 0.0112. The number of carbonyl (C=O) groups excluding carboxylic acids is 1. The molecule has 102 valence electrons. The Balaban J connectivity index is 1.58. The smallest absolute Gasteiger partial charge is 0.228 e. The molecule has 1 heterocycles. The summed E-state index contributed by atoms with van der Waals surface area (Å²) in [6, 6.07) is 16.9. The summed E-state index contributed by atoms with van der Waals surface area (Å²) in [5, 5.41) is 2.84. The molecule has 0 saturated heterocycles. The predicted octanol–water partition coefficient (Wildman–Crippen LogP) is 2.86. The number of carbonyl (C=O) groups is 1. The molecule has 1 N–H and O–H groups in total. The number of hydrogen-bond donors (Lipinski definition) is 1. The molecule has 3 rings (SSSR count). The maximum atomic E-state index is 11.9. The number of para-hydroxylation sites is 3. The molecule has 4 nitrogen and oxygen atoms in total. The molecule has 1 atom stereocenters. The number of amides is 1. The molecule has 0 bridgehead atoms. The first-order valence-electron chi connectivity index (χ1n) is 6.54. The van der Waals surface area contributed by atoms with Crippen molar-refractivity contribution in [3.8, 4) is 11.5 Å². The van der Waals surface area contributed by atoms with Crippen LogP contribution in [-0.2, 0) is 4.79 Å². The van der Waals surface area contributed by atoms with Crippen LogP contribution in [0.3, 0.4) is 0 Å². The van der Waals surface area contributed by atoms with Crippen LogP contribution in [0.5, 0.6) is 11.5 Å². The molecule has 4 heteroatoms. The fourth-order valence-corrected chi connectivity index (χ4v) is 2.10. The standard InChI is InChI=1S/C16H15NO3/c18-16(17-12-6-2-1-3-7-12)10-13-11-19-14-8-4-5-9-15(14)20-13/h1-9,13H,10-11H2,(H,17,18)/t13-/m0/s1. The van der Waals surface area contributed by atoms with Crippen molar-refractivity contribution in [2.45, 2.75) is 12.5 Å². The van der Waals surface area contributed by atoms with Crippen LogP contribution in [0.4, 0.5) is 5.69 Å². The van der Waals surface area contributed by atoms with E-state index in [1.165, 1.54) is 0 Å². The Morgan fingerprint density at radius 2 is 1.75 bits per heavy atom. The van der Waals surface area contributed by atoms with Gasteiger partial charge >= 0.3 is 0 Å². The van der Waals surface area contributed by atoms with Gasteiger partial charge in [-0.3, -0.25) is 4.79 Å². The third-order valence-electron chi connectivity index (χ3n) is 3.04. The number of benzene rings is 2. The Hall–Kier alpha value is -2.49. The summed E-state index contributed by atoms with van der Waals surface area (Å²) in [6.45, 7) is 0.388. The van der Waals surface area contributed by atoms with E-state index in [4.69, 9.17) is 9.47 Å². The van der Waals surface area contributed by atoms with Gasteiger partial charge in [-0.2, -0.15) is 0 Å². The highest BCUT2D eigenvalue weighted by molar-refractivity contribution is 5.91. The molecule has 0 aliphatic carbocycles. The molecule has 1 aliphatic rings. The summed E-state index contributed by atoms with van der Waals surface area (Å²) in [5.74, 6) is 1.34. The molecular formula is C16H15NO3. The Morgan fingerprint density at radius 3 is 2.55 bits per heavy atom. The topological polar surface area (TPSA) is 47.6 Å². The molecule has 0 radical (unpaired) electrons. The summed E-state index contributed by atoms with van der Waals surface area (Å²) in [5.41, 5.74) is 0.787. The highest BCUT2D eigenvalue weighted by Gasteiger charge is 2.23. The average Bonchev–Trinajstić information content (AvgIpc) is 2.48. The van der Waals surface area contributed by atoms with E-state index < -0.39 is 0 Å². The van der Waals surface area contributed by atoms with Crippen LogP contribution < -0.4 is 14.8 Å². The third-order valence-corrected chi connectivity index (χ3v) is 3.04. The minimum Gasteiger partial charge on any atom is -0.486 e. The maximum absolute atomic E-state index is 11.9. The van der Waals surface area contributed by atoms with Gasteiger partial charge in [0, 0.05) is 5.69 Å². The fourth-order valence-electron chi connectivity index (χ4n) is 2.10. The van der Waals surface area contributed by atoms with Crippen LogP contribution in [0.2, 0.25) is 0 Å². The molecule has 0 spiro atoms. The van der Waals surface area contributed by atoms with Gasteiger partial charge in [-0.1, -0.05) is 30.3 Å². The lowest BCUT2D eigenvalue weighted by atomic mass is 10.2. The Labute approximate surface area is 117 Å². The van der Waals surface area contributed by atoms with Gasteiger partial charge in [0.1, 0.15) is 12.7 Å². The van der Waals surface area contributed by atoms with E-state index in [0.29, 0.717) is 12.4 Å². The predicted molar refractivity (Wildman–Crippen MR) is 76.0 cm³/mol. The molecule has 2 aromatic carbocycles. The van der Waals surface area contributed by atoms with Gasteiger partial charge < -0.3 is 14.8 Å². The quantitative estimate of drug-likeness (QED) is 0.932. The largest absolute Gasteiger partial charge is 0.486 e. The number of fused-ring (bicyclic) bond motifs is 1. The fraction of sp³-hybridized carbons (Fsp3) is 0.188. The average molecular weight is 269 g/mol. The van der Waals surface area contributed by atoms with Crippen molar-refractivity contribution in [3.63, 3.8) is 0 Å². The van der Waals surface area contributed by atoms with Gasteiger partial charge in [0.2, 0.25) is 5.91 Å². The summed E-state index contributed by atoms with van der Waals surface area (Å²) in [7, 11) is 0. The number of ether oxygens (including phenoxy) is 2. The van der Waals surface area contributed by atoms with Crippen molar-refractivity contribution in [3.05, 3.63) is 54.6 Å². The first kappa shape index (κ1) is 12.5. The molecule has 0 fully saturated rings. The second kappa shape index (κ2) is 5.65. The van der Waals surface area contributed by atoms with Gasteiger partial charge in [0.15, 0.2) is 11.5 Å². The van der Waals surface area contributed by atoms with Gasteiger partial charge in [-0.15, -0.1) is 0 Å². The van der Waals surface area contributed by atoms with Crippen molar-refractivity contribution >= 4 is 11.6 Å². The normalized spacial score (nSPS) is 16.5. The zero-order valence-electron chi connectivity index (χ0n) is 10.9. The molecule has 0 saturated carbocycles. The number of nitrogens with one attached hydrogen (secondary N) is 1. The summed E-state index contributed by atoms with van der Waals surface area (Å²) < 4.78 is 11.3. The Bertz CT molecular complexity index is 598. The number of anilines is 1. The highest BCUT2D eigenvalue weighted by Crippen LogP contribution is 2.31. The highest BCUT2D eigenvalue weighted by atomic mass is 16.6. The minimum absolute atomic E-state index is 0.0795. The van der Waals surface area contributed by atoms with Crippen LogP contribution in [-0.4, -0.2) is 18.6 Å². The molecular weight excluding hydrogens is 254 g/mol. The molecule has 0 unspecified atom stereocenters. The van der Waals surface area contributed by atoms with Crippen molar-refractivity contribution < 1.29 is 14.3 Å². The Kier molecular flexibility index (Phi) is 3.54. The lowest BCUT2D eigenvalue weighted by Crippen LogP contribution is -2.33. The minimum atomic E-state index is -0.256. The van der Waals surface area contributed by atoms with E-state index in [9.17, 15) is 4.79 Å². The first-order valence-corrected chi connectivity index (χ1v) is 6.54. The van der Waals surface area contributed by atoms with Crippen LogP contribution in [0, 0.1) is 0 Å². The summed E-state index contributed by atoms with van der Waals surface area (Å²) in [4.78, 5) is 11.9. The number of rotatable bonds is 3. The van der Waals surface area contributed by atoms with E-state index in [0.717, 1.165) is 11.4 Å². The summed E-state index contributed by atoms with van der Waals surface area (Å²) >= 11 is 0. The van der Waals surface area contributed by atoms with Gasteiger partial charge in [0.05, 0.1) is 6.42 Å². The van der Waals surface area contributed by atoms with Crippen molar-refractivity contribution in [1.82, 2.24) is 0 Å². The van der Waals surface area contributed by atoms with Crippen LogP contribution in [0.1, 0.15) is 6.42 Å². The second-order valence-electron chi connectivity index (χ2n) is 4.62. The van der Waals surface area contributed by atoms with E-state index in [1.54, 1.807) is 0 Å². The first-order chi connectivity index (χ1) is 9.81. The molecule has 20 heavy (non-hydrogen) atoms.